The number of ether oxygens (including phenoxy) is 1. The highest BCUT2D eigenvalue weighted by Gasteiger charge is 2.03. The Hall–Kier alpha value is -2.30. The SMILES string of the molecule is NC(=O)CCCCOc1cccc2ccc(=O)[nH]c12. The molecule has 0 fully saturated rings. The Morgan fingerprint density at radius 2 is 2.05 bits per heavy atom. The predicted octanol–water partition coefficient (Wildman–Crippen LogP) is 1.56. The second kappa shape index (κ2) is 6.04. The molecule has 0 bridgehead atoms. The third-order valence-corrected chi connectivity index (χ3v) is 2.80. The highest BCUT2D eigenvalue weighted by Crippen LogP contribution is 2.22. The van der Waals surface area contributed by atoms with Gasteiger partial charge in [-0.2, -0.15) is 0 Å². The molecule has 2 rings (SSSR count). The van der Waals surface area contributed by atoms with E-state index in [9.17, 15) is 9.59 Å². The molecule has 0 saturated carbocycles. The van der Waals surface area contributed by atoms with E-state index in [1.165, 1.54) is 6.07 Å². The van der Waals surface area contributed by atoms with Crippen LogP contribution in [0.25, 0.3) is 10.9 Å². The van der Waals surface area contributed by atoms with Gasteiger partial charge in [0.25, 0.3) is 0 Å². The molecule has 0 aliphatic carbocycles. The van der Waals surface area contributed by atoms with Gasteiger partial charge in [0.2, 0.25) is 11.5 Å². The maximum Gasteiger partial charge on any atom is 0.248 e. The van der Waals surface area contributed by atoms with Crippen LogP contribution in [0.2, 0.25) is 0 Å². The predicted molar refractivity (Wildman–Crippen MR) is 73.1 cm³/mol. The molecule has 0 atom stereocenters. The van der Waals surface area contributed by atoms with Crippen molar-refractivity contribution in [3.05, 3.63) is 40.7 Å². The van der Waals surface area contributed by atoms with Crippen molar-refractivity contribution < 1.29 is 9.53 Å². The number of nitrogens with one attached hydrogen (secondary N) is 1. The monoisotopic (exact) mass is 260 g/mol. The van der Waals surface area contributed by atoms with Gasteiger partial charge in [-0.25, -0.2) is 0 Å². The molecule has 2 aromatic rings. The van der Waals surface area contributed by atoms with Gasteiger partial charge in [0.05, 0.1) is 12.1 Å². The number of unbranched alkanes of at least 4 members (excludes halogenated alkanes) is 1. The highest BCUT2D eigenvalue weighted by atomic mass is 16.5. The molecule has 3 N–H and O–H groups in total. The molecule has 0 radical (unpaired) electrons. The van der Waals surface area contributed by atoms with Crippen molar-refractivity contribution in [3.63, 3.8) is 0 Å². The number of hydrogen-bond donors (Lipinski definition) is 2. The lowest BCUT2D eigenvalue weighted by atomic mass is 10.2. The lowest BCUT2D eigenvalue weighted by Gasteiger charge is -2.08. The number of carbonyl (C=O) groups is 1. The van der Waals surface area contributed by atoms with Crippen molar-refractivity contribution in [1.29, 1.82) is 0 Å². The first-order valence-electron chi connectivity index (χ1n) is 6.20. The molecule has 0 unspecified atom stereocenters. The summed E-state index contributed by atoms with van der Waals surface area (Å²) in [7, 11) is 0. The minimum atomic E-state index is -0.297. The van der Waals surface area contributed by atoms with Gasteiger partial charge in [-0.05, 0) is 25.0 Å². The number of aromatic nitrogens is 1. The van der Waals surface area contributed by atoms with Crippen molar-refractivity contribution in [2.45, 2.75) is 19.3 Å². The maximum atomic E-state index is 11.3. The average Bonchev–Trinajstić information content (AvgIpc) is 2.38. The Labute approximate surface area is 110 Å². The van der Waals surface area contributed by atoms with Crippen LogP contribution in [-0.4, -0.2) is 17.5 Å². The summed E-state index contributed by atoms with van der Waals surface area (Å²) in [5.74, 6) is 0.351. The number of carbonyl (C=O) groups excluding carboxylic acids is 1. The van der Waals surface area contributed by atoms with E-state index in [0.29, 0.717) is 30.7 Å². The van der Waals surface area contributed by atoms with E-state index in [4.69, 9.17) is 10.5 Å². The molecule has 1 aromatic carbocycles. The Morgan fingerprint density at radius 3 is 2.84 bits per heavy atom. The molecule has 100 valence electrons. The van der Waals surface area contributed by atoms with E-state index in [-0.39, 0.29) is 11.5 Å². The van der Waals surface area contributed by atoms with Crippen LogP contribution >= 0.6 is 0 Å². The summed E-state index contributed by atoms with van der Waals surface area (Å²) in [5, 5.41) is 0.925. The smallest absolute Gasteiger partial charge is 0.248 e. The third kappa shape index (κ3) is 3.58. The average molecular weight is 260 g/mol. The van der Waals surface area contributed by atoms with Crippen molar-refractivity contribution >= 4 is 16.8 Å². The minimum absolute atomic E-state index is 0.155. The number of nitrogens with two attached hydrogens (primary N) is 1. The second-order valence-electron chi connectivity index (χ2n) is 4.31. The highest BCUT2D eigenvalue weighted by molar-refractivity contribution is 5.84. The molecule has 1 aromatic heterocycles. The van der Waals surface area contributed by atoms with Crippen LogP contribution in [0.3, 0.4) is 0 Å². The fraction of sp³-hybridized carbons (Fsp3) is 0.286. The van der Waals surface area contributed by atoms with E-state index in [1.807, 2.05) is 18.2 Å². The number of amides is 1. The van der Waals surface area contributed by atoms with Crippen LogP contribution in [0.1, 0.15) is 19.3 Å². The van der Waals surface area contributed by atoms with Crippen molar-refractivity contribution in [1.82, 2.24) is 4.98 Å². The summed E-state index contributed by atoms with van der Waals surface area (Å²) in [5.41, 5.74) is 5.60. The Balaban J connectivity index is 2.02. The molecule has 1 heterocycles. The zero-order valence-electron chi connectivity index (χ0n) is 10.5. The molecule has 0 aliphatic heterocycles. The molecule has 0 spiro atoms. The van der Waals surface area contributed by atoms with Crippen LogP contribution in [0.5, 0.6) is 5.75 Å². The van der Waals surface area contributed by atoms with Gasteiger partial charge in [0, 0.05) is 17.9 Å². The van der Waals surface area contributed by atoms with E-state index >= 15 is 0 Å². The number of hydrogen-bond acceptors (Lipinski definition) is 3. The summed E-state index contributed by atoms with van der Waals surface area (Å²) in [6.45, 7) is 0.489. The zero-order chi connectivity index (χ0) is 13.7. The summed E-state index contributed by atoms with van der Waals surface area (Å²) in [6, 6.07) is 8.84. The minimum Gasteiger partial charge on any atom is -0.491 e. The molecule has 0 aliphatic rings. The van der Waals surface area contributed by atoms with Crippen LogP contribution in [0.4, 0.5) is 0 Å². The standard InChI is InChI=1S/C14H16N2O3/c15-12(17)6-1-2-9-19-11-5-3-4-10-7-8-13(18)16-14(10)11/h3-5,7-8H,1-2,6,9H2,(H2,15,17)(H,16,18). The summed E-state index contributed by atoms with van der Waals surface area (Å²) in [6.07, 6.45) is 1.82. The Kier molecular flexibility index (Phi) is 4.18. The van der Waals surface area contributed by atoms with Crippen molar-refractivity contribution in [2.75, 3.05) is 6.61 Å². The number of H-pyrrole nitrogens is 1. The largest absolute Gasteiger partial charge is 0.491 e. The maximum absolute atomic E-state index is 11.3. The van der Waals surface area contributed by atoms with Gasteiger partial charge in [0.15, 0.2) is 0 Å². The normalized spacial score (nSPS) is 10.5. The van der Waals surface area contributed by atoms with Gasteiger partial charge in [-0.1, -0.05) is 12.1 Å². The first kappa shape index (κ1) is 13.1. The third-order valence-electron chi connectivity index (χ3n) is 2.80. The van der Waals surface area contributed by atoms with E-state index in [0.717, 1.165) is 11.8 Å². The molecule has 5 heteroatoms. The molecule has 0 saturated heterocycles. The molecule has 19 heavy (non-hydrogen) atoms. The number of pyridine rings is 1. The summed E-state index contributed by atoms with van der Waals surface area (Å²) in [4.78, 5) is 24.7. The lowest BCUT2D eigenvalue weighted by Crippen LogP contribution is -2.10. The van der Waals surface area contributed by atoms with Gasteiger partial charge < -0.3 is 15.5 Å². The van der Waals surface area contributed by atoms with Crippen molar-refractivity contribution in [2.24, 2.45) is 5.73 Å². The van der Waals surface area contributed by atoms with Crippen molar-refractivity contribution in [3.8, 4) is 5.75 Å². The number of rotatable bonds is 6. The van der Waals surface area contributed by atoms with E-state index in [2.05, 4.69) is 4.98 Å². The van der Waals surface area contributed by atoms with Gasteiger partial charge >= 0.3 is 0 Å². The number of fused-ring (bicyclic) bond motifs is 1. The van der Waals surface area contributed by atoms with Crippen LogP contribution in [0, 0.1) is 0 Å². The lowest BCUT2D eigenvalue weighted by molar-refractivity contribution is -0.118. The second-order valence-corrected chi connectivity index (χ2v) is 4.31. The summed E-state index contributed by atoms with van der Waals surface area (Å²) < 4.78 is 5.63. The first-order valence-corrected chi connectivity index (χ1v) is 6.20. The number of benzene rings is 1. The van der Waals surface area contributed by atoms with Crippen LogP contribution in [0.15, 0.2) is 35.1 Å². The van der Waals surface area contributed by atoms with Gasteiger partial charge in [0.1, 0.15) is 5.75 Å². The fourth-order valence-corrected chi connectivity index (χ4v) is 1.85. The molecule has 5 nitrogen and oxygen atoms in total. The molecular formula is C14H16N2O3. The van der Waals surface area contributed by atoms with Crippen LogP contribution < -0.4 is 16.0 Å². The van der Waals surface area contributed by atoms with E-state index in [1.54, 1.807) is 6.07 Å². The van der Waals surface area contributed by atoms with Crippen LogP contribution in [-0.2, 0) is 4.79 Å². The molecular weight excluding hydrogens is 244 g/mol. The number of primary amides is 1. The number of aromatic amines is 1. The van der Waals surface area contributed by atoms with Gasteiger partial charge in [-0.15, -0.1) is 0 Å². The topological polar surface area (TPSA) is 85.2 Å². The number of para-hydroxylation sites is 1. The van der Waals surface area contributed by atoms with E-state index < -0.39 is 0 Å². The quantitative estimate of drug-likeness (QED) is 0.773. The summed E-state index contributed by atoms with van der Waals surface area (Å²) >= 11 is 0. The van der Waals surface area contributed by atoms with Gasteiger partial charge in [-0.3, -0.25) is 9.59 Å². The zero-order valence-corrected chi connectivity index (χ0v) is 10.5. The Bertz CT molecular complexity index is 634. The Morgan fingerprint density at radius 1 is 1.21 bits per heavy atom. The fourth-order valence-electron chi connectivity index (χ4n) is 1.85. The molecule has 1 amide bonds. The first-order chi connectivity index (χ1) is 9.16.